The second kappa shape index (κ2) is 11.1. The average Bonchev–Trinajstić information content (AvgIpc) is 3.18. The number of non-ortho nitro benzene ring substituents is 1. The highest BCUT2D eigenvalue weighted by molar-refractivity contribution is 8.01. The van der Waals surface area contributed by atoms with Gasteiger partial charge in [0.25, 0.3) is 5.69 Å². The van der Waals surface area contributed by atoms with Crippen LogP contribution in [-0.2, 0) is 5.75 Å². The lowest BCUT2D eigenvalue weighted by Gasteiger charge is -2.04. The van der Waals surface area contributed by atoms with E-state index in [1.807, 2.05) is 54.0 Å². The van der Waals surface area contributed by atoms with E-state index in [-0.39, 0.29) is 5.69 Å². The van der Waals surface area contributed by atoms with E-state index in [4.69, 9.17) is 23.8 Å². The van der Waals surface area contributed by atoms with Crippen LogP contribution in [0, 0.1) is 14.9 Å². The van der Waals surface area contributed by atoms with Gasteiger partial charge >= 0.3 is 0 Å². The molecule has 1 aromatic heterocycles. The van der Waals surface area contributed by atoms with Crippen molar-refractivity contribution in [2.45, 2.75) is 5.75 Å². The zero-order valence-corrected chi connectivity index (χ0v) is 20.2. The molecule has 0 spiro atoms. The first-order valence-corrected chi connectivity index (χ1v) is 12.1. The van der Waals surface area contributed by atoms with E-state index < -0.39 is 4.92 Å². The van der Waals surface area contributed by atoms with E-state index in [9.17, 15) is 10.1 Å². The minimum absolute atomic E-state index is 0.0100. The van der Waals surface area contributed by atoms with E-state index in [1.165, 1.54) is 17.7 Å². The van der Waals surface area contributed by atoms with Crippen LogP contribution in [0.5, 0.6) is 0 Å². The van der Waals surface area contributed by atoms with Crippen molar-refractivity contribution in [3.63, 3.8) is 0 Å². The molecule has 6 nitrogen and oxygen atoms in total. The van der Waals surface area contributed by atoms with Gasteiger partial charge in [0.1, 0.15) is 0 Å². The fourth-order valence-corrected chi connectivity index (χ4v) is 4.32. The molecule has 0 fully saturated rings. The molecule has 0 saturated carbocycles. The first-order chi connectivity index (χ1) is 16.5. The Balaban J connectivity index is 1.63. The normalized spacial score (nSPS) is 11.4. The summed E-state index contributed by atoms with van der Waals surface area (Å²) in [5.74, 6) is 1.47. The number of thioether (sulfide) groups is 1. The molecule has 3 aromatic carbocycles. The SMILES string of the molecule is O=[N+]([O-])c1ccc(-n2c(/C=C\C=C\SCc3ccccc3)nn(-c3ccc(Cl)cc3)c2=S)cc1. The minimum atomic E-state index is -0.432. The molecule has 0 aliphatic carbocycles. The summed E-state index contributed by atoms with van der Waals surface area (Å²) in [5, 5.41) is 18.4. The summed E-state index contributed by atoms with van der Waals surface area (Å²) in [7, 11) is 0. The van der Waals surface area contributed by atoms with Crippen molar-refractivity contribution in [3.05, 3.63) is 128 Å². The second-order valence-electron chi connectivity index (χ2n) is 7.12. The maximum Gasteiger partial charge on any atom is 0.269 e. The molecule has 0 aliphatic rings. The zero-order valence-electron chi connectivity index (χ0n) is 17.8. The van der Waals surface area contributed by atoms with Crippen LogP contribution in [0.15, 0.2) is 96.4 Å². The summed E-state index contributed by atoms with van der Waals surface area (Å²) >= 11 is 13.4. The molecule has 4 aromatic rings. The number of aromatic nitrogens is 3. The Hall–Kier alpha value is -3.46. The standard InChI is InChI=1S/C25H19ClN4O2S2/c26-20-9-11-22(12-10-20)29-25(33)28(21-13-15-23(16-14-21)30(31)32)24(27-29)8-4-5-17-34-18-19-6-2-1-3-7-19/h1-17H,18H2/b8-4-,17-5+. The highest BCUT2D eigenvalue weighted by atomic mass is 35.5. The van der Waals surface area contributed by atoms with Crippen LogP contribution in [0.25, 0.3) is 17.5 Å². The van der Waals surface area contributed by atoms with Gasteiger partial charge in [0.05, 0.1) is 16.3 Å². The fraction of sp³-hybridized carbons (Fsp3) is 0.0400. The summed E-state index contributed by atoms with van der Waals surface area (Å²) in [6, 6.07) is 23.7. The van der Waals surface area contributed by atoms with Crippen molar-refractivity contribution < 1.29 is 4.92 Å². The third-order valence-corrected chi connectivity index (χ3v) is 6.28. The topological polar surface area (TPSA) is 65.9 Å². The Morgan fingerprint density at radius 3 is 2.32 bits per heavy atom. The van der Waals surface area contributed by atoms with Crippen LogP contribution in [0.3, 0.4) is 0 Å². The fourth-order valence-electron chi connectivity index (χ4n) is 3.17. The summed E-state index contributed by atoms with van der Waals surface area (Å²) in [5.41, 5.74) is 2.71. The van der Waals surface area contributed by atoms with Crippen molar-refractivity contribution in [1.29, 1.82) is 0 Å². The van der Waals surface area contributed by atoms with Gasteiger partial charge in [-0.2, -0.15) is 0 Å². The van der Waals surface area contributed by atoms with Crippen LogP contribution in [0.4, 0.5) is 5.69 Å². The molecule has 9 heteroatoms. The van der Waals surface area contributed by atoms with Crippen LogP contribution in [-0.4, -0.2) is 19.3 Å². The average molecular weight is 507 g/mol. The first-order valence-electron chi connectivity index (χ1n) is 10.2. The molecule has 0 unspecified atom stereocenters. The molecule has 0 bridgehead atoms. The number of halogens is 1. The minimum Gasteiger partial charge on any atom is -0.268 e. The molecular formula is C25H19ClN4O2S2. The molecule has 170 valence electrons. The summed E-state index contributed by atoms with van der Waals surface area (Å²) in [6.45, 7) is 0. The van der Waals surface area contributed by atoms with E-state index in [0.29, 0.717) is 21.3 Å². The predicted molar refractivity (Wildman–Crippen MR) is 141 cm³/mol. The largest absolute Gasteiger partial charge is 0.269 e. The molecular weight excluding hydrogens is 488 g/mol. The van der Waals surface area contributed by atoms with Gasteiger partial charge in [-0.15, -0.1) is 16.9 Å². The molecule has 4 rings (SSSR count). The molecule has 0 amide bonds. The van der Waals surface area contributed by atoms with E-state index >= 15 is 0 Å². The van der Waals surface area contributed by atoms with Crippen molar-refractivity contribution in [1.82, 2.24) is 14.3 Å². The number of nitro groups is 1. The number of benzene rings is 3. The lowest BCUT2D eigenvalue weighted by Crippen LogP contribution is -1.99. The molecule has 0 N–H and O–H groups in total. The summed E-state index contributed by atoms with van der Waals surface area (Å²) in [4.78, 5) is 10.6. The molecule has 0 aliphatic heterocycles. The van der Waals surface area contributed by atoms with Gasteiger partial charge < -0.3 is 0 Å². The number of hydrogen-bond donors (Lipinski definition) is 0. The summed E-state index contributed by atoms with van der Waals surface area (Å²) in [6.07, 6.45) is 5.69. The van der Waals surface area contributed by atoms with E-state index in [2.05, 4.69) is 17.2 Å². The number of nitro benzene ring substituents is 1. The Bertz CT molecular complexity index is 1390. The number of hydrogen-bond acceptors (Lipinski definition) is 5. The summed E-state index contributed by atoms with van der Waals surface area (Å²) < 4.78 is 3.84. The number of allylic oxidation sites excluding steroid dienone is 2. The zero-order chi connectivity index (χ0) is 23.9. The Labute approximate surface area is 211 Å². The van der Waals surface area contributed by atoms with Gasteiger partial charge in [-0.05, 0) is 65.7 Å². The van der Waals surface area contributed by atoms with Crippen LogP contribution >= 0.6 is 35.6 Å². The van der Waals surface area contributed by atoms with Gasteiger partial charge in [-0.1, -0.05) is 54.1 Å². The maximum atomic E-state index is 11.0. The monoisotopic (exact) mass is 506 g/mol. The molecule has 0 atom stereocenters. The van der Waals surface area contributed by atoms with Gasteiger partial charge in [0.2, 0.25) is 4.77 Å². The Morgan fingerprint density at radius 2 is 1.65 bits per heavy atom. The molecule has 0 saturated heterocycles. The maximum absolute atomic E-state index is 11.0. The third-order valence-electron chi connectivity index (χ3n) is 4.82. The smallest absolute Gasteiger partial charge is 0.268 e. The van der Waals surface area contributed by atoms with Crippen LogP contribution < -0.4 is 0 Å². The molecule has 1 heterocycles. The third kappa shape index (κ3) is 5.72. The van der Waals surface area contributed by atoms with Gasteiger partial charge in [-0.3, -0.25) is 14.7 Å². The van der Waals surface area contributed by atoms with Crippen molar-refractivity contribution >= 4 is 47.3 Å². The van der Waals surface area contributed by atoms with Crippen LogP contribution in [0.2, 0.25) is 5.02 Å². The van der Waals surface area contributed by atoms with Gasteiger partial charge in [0.15, 0.2) is 5.82 Å². The van der Waals surface area contributed by atoms with Crippen molar-refractivity contribution in [3.8, 4) is 11.4 Å². The molecule has 34 heavy (non-hydrogen) atoms. The molecule has 0 radical (unpaired) electrons. The van der Waals surface area contributed by atoms with Gasteiger partial charge in [-0.25, -0.2) is 4.68 Å². The number of nitrogens with zero attached hydrogens (tertiary/aromatic N) is 4. The van der Waals surface area contributed by atoms with Gasteiger partial charge in [0, 0.05) is 22.9 Å². The second-order valence-corrected chi connectivity index (χ2v) is 8.82. The van der Waals surface area contributed by atoms with E-state index in [1.54, 1.807) is 45.3 Å². The first kappa shape index (κ1) is 23.7. The van der Waals surface area contributed by atoms with Crippen molar-refractivity contribution in [2.75, 3.05) is 0 Å². The quantitative estimate of drug-likeness (QED) is 0.108. The van der Waals surface area contributed by atoms with E-state index in [0.717, 1.165) is 11.4 Å². The van der Waals surface area contributed by atoms with Crippen molar-refractivity contribution in [2.24, 2.45) is 0 Å². The Kier molecular flexibility index (Phi) is 7.74. The Morgan fingerprint density at radius 1 is 0.971 bits per heavy atom. The predicted octanol–water partition coefficient (Wildman–Crippen LogP) is 7.41. The lowest BCUT2D eigenvalue weighted by molar-refractivity contribution is -0.384. The highest BCUT2D eigenvalue weighted by Gasteiger charge is 2.13. The lowest BCUT2D eigenvalue weighted by atomic mass is 10.2. The van der Waals surface area contributed by atoms with Crippen LogP contribution in [0.1, 0.15) is 11.4 Å². The highest BCUT2D eigenvalue weighted by Crippen LogP contribution is 2.21. The number of rotatable bonds is 8.